The number of nitrogens with one attached hydrogen (secondary N) is 2. The van der Waals surface area contributed by atoms with Crippen LogP contribution in [-0.2, 0) is 0 Å². The molecule has 7 rings (SSSR count). The number of hydrazine groups is 1. The van der Waals surface area contributed by atoms with Crippen molar-refractivity contribution >= 4 is 33.5 Å². The molecule has 0 aliphatic carbocycles. The van der Waals surface area contributed by atoms with Gasteiger partial charge in [0.25, 0.3) is 0 Å². The number of hydrogen-bond acceptors (Lipinski definition) is 6. The van der Waals surface area contributed by atoms with Crippen molar-refractivity contribution in [3.05, 3.63) is 145 Å². The van der Waals surface area contributed by atoms with Crippen LogP contribution in [0.3, 0.4) is 0 Å². The molecule has 1 heterocycles. The van der Waals surface area contributed by atoms with Crippen LogP contribution in [0.25, 0.3) is 72.5 Å². The van der Waals surface area contributed by atoms with E-state index in [0.717, 1.165) is 44.2 Å². The van der Waals surface area contributed by atoms with Crippen LogP contribution in [0.15, 0.2) is 140 Å². The van der Waals surface area contributed by atoms with Crippen LogP contribution in [0, 0.1) is 5.41 Å². The van der Waals surface area contributed by atoms with E-state index in [1.54, 1.807) is 6.08 Å². The molecule has 6 nitrogen and oxygen atoms in total. The lowest BCUT2D eigenvalue weighted by Gasteiger charge is -2.16. The summed E-state index contributed by atoms with van der Waals surface area (Å²) in [5.74, 6) is 7.69. The fraction of sp³-hybridized carbons (Fsp3) is 0. The summed E-state index contributed by atoms with van der Waals surface area (Å²) in [6.07, 6.45) is 2.86. The van der Waals surface area contributed by atoms with Crippen LogP contribution in [0.2, 0.25) is 0 Å². The van der Waals surface area contributed by atoms with Gasteiger partial charge in [0, 0.05) is 28.5 Å². The Bertz CT molecular complexity index is 2110. The van der Waals surface area contributed by atoms with Gasteiger partial charge in [-0.1, -0.05) is 109 Å². The first-order valence-electron chi connectivity index (χ1n) is 14.3. The third-order valence-corrected chi connectivity index (χ3v) is 7.69. The molecule has 210 valence electrons. The van der Waals surface area contributed by atoms with Crippen LogP contribution in [0.4, 0.5) is 0 Å². The number of aromatic nitrogens is 3. The van der Waals surface area contributed by atoms with Gasteiger partial charge in [-0.3, -0.25) is 5.84 Å². The summed E-state index contributed by atoms with van der Waals surface area (Å²) >= 11 is 0. The van der Waals surface area contributed by atoms with Crippen molar-refractivity contribution in [2.75, 3.05) is 0 Å². The molecule has 0 radical (unpaired) electrons. The van der Waals surface area contributed by atoms with Gasteiger partial charge in [-0.25, -0.2) is 15.0 Å². The highest BCUT2D eigenvalue weighted by atomic mass is 15.2. The highest BCUT2D eigenvalue weighted by Gasteiger charge is 2.16. The molecule has 0 atom stereocenters. The van der Waals surface area contributed by atoms with Crippen molar-refractivity contribution in [3.63, 3.8) is 0 Å². The Balaban J connectivity index is 1.52. The summed E-state index contributed by atoms with van der Waals surface area (Å²) < 4.78 is 0. The van der Waals surface area contributed by atoms with Gasteiger partial charge in [-0.05, 0) is 63.0 Å². The van der Waals surface area contributed by atoms with E-state index in [1.165, 1.54) is 17.0 Å². The average Bonchev–Trinajstić information content (AvgIpc) is 3.10. The number of hydrogen-bond donors (Lipinski definition) is 3. The Hall–Kier alpha value is -5.98. The predicted octanol–water partition coefficient (Wildman–Crippen LogP) is 8.30. The topological polar surface area (TPSA) is 101 Å². The first-order chi connectivity index (χ1) is 21.7. The number of nitrogens with two attached hydrogens (primary N) is 1. The fourth-order valence-corrected chi connectivity index (χ4v) is 5.61. The molecule has 0 fully saturated rings. The zero-order valence-corrected chi connectivity index (χ0v) is 23.8. The van der Waals surface area contributed by atoms with Gasteiger partial charge in [0.2, 0.25) is 0 Å². The number of benzene rings is 6. The SMILES string of the molecule is N=C/C=C(\NN)c1cc(-c2nc(-c3ccccc3)nc(-c3ccccc3)n2)cc(-c2cc3ccccc3c3ccccc23)c1. The summed E-state index contributed by atoms with van der Waals surface area (Å²) in [7, 11) is 0. The van der Waals surface area contributed by atoms with Crippen molar-refractivity contribution in [3.8, 4) is 45.3 Å². The normalized spacial score (nSPS) is 11.5. The van der Waals surface area contributed by atoms with Gasteiger partial charge in [-0.2, -0.15) is 0 Å². The quantitative estimate of drug-likeness (QED) is 0.0777. The Morgan fingerprint density at radius 3 is 1.68 bits per heavy atom. The summed E-state index contributed by atoms with van der Waals surface area (Å²) in [5, 5.41) is 12.4. The van der Waals surface area contributed by atoms with E-state index in [-0.39, 0.29) is 0 Å². The smallest absolute Gasteiger partial charge is 0.164 e. The molecule has 44 heavy (non-hydrogen) atoms. The van der Waals surface area contributed by atoms with E-state index in [1.807, 2.05) is 66.7 Å². The zero-order chi connectivity index (χ0) is 29.9. The highest BCUT2D eigenvalue weighted by Crippen LogP contribution is 2.38. The highest BCUT2D eigenvalue weighted by molar-refractivity contribution is 6.14. The van der Waals surface area contributed by atoms with Crippen molar-refractivity contribution < 1.29 is 0 Å². The molecule has 0 unspecified atom stereocenters. The minimum Gasteiger partial charge on any atom is -0.323 e. The maximum Gasteiger partial charge on any atom is 0.164 e. The largest absolute Gasteiger partial charge is 0.323 e. The molecule has 0 saturated heterocycles. The molecule has 0 aliphatic heterocycles. The second-order valence-electron chi connectivity index (χ2n) is 10.4. The van der Waals surface area contributed by atoms with Gasteiger partial charge in [0.1, 0.15) is 0 Å². The molecule has 4 N–H and O–H groups in total. The standard InChI is InChI=1S/C38H28N6/c39-20-19-35(44-40)29-21-28(34-24-27-15-7-8-16-31(27)32-17-9-10-18-33(32)34)22-30(23-29)38-42-36(25-11-3-1-4-12-25)41-37(43-38)26-13-5-2-6-14-26/h1-24,39,44H,40H2/b35-19-,39-20?. The van der Waals surface area contributed by atoms with Crippen LogP contribution < -0.4 is 11.3 Å². The molecule has 0 bridgehead atoms. The van der Waals surface area contributed by atoms with E-state index in [0.29, 0.717) is 23.2 Å². The maximum atomic E-state index is 7.74. The summed E-state index contributed by atoms with van der Waals surface area (Å²) in [6, 6.07) is 45.2. The van der Waals surface area contributed by atoms with Crippen molar-refractivity contribution in [1.82, 2.24) is 20.4 Å². The van der Waals surface area contributed by atoms with Gasteiger partial charge < -0.3 is 10.8 Å². The van der Waals surface area contributed by atoms with Crippen LogP contribution in [0.5, 0.6) is 0 Å². The molecule has 6 aromatic carbocycles. The zero-order valence-electron chi connectivity index (χ0n) is 23.8. The minimum absolute atomic E-state index is 0.539. The van der Waals surface area contributed by atoms with E-state index in [4.69, 9.17) is 26.2 Å². The first-order valence-corrected chi connectivity index (χ1v) is 14.3. The van der Waals surface area contributed by atoms with Crippen molar-refractivity contribution in [1.29, 1.82) is 5.41 Å². The van der Waals surface area contributed by atoms with E-state index in [2.05, 4.69) is 72.2 Å². The maximum absolute atomic E-state index is 7.74. The van der Waals surface area contributed by atoms with Crippen molar-refractivity contribution in [2.45, 2.75) is 0 Å². The third kappa shape index (κ3) is 5.11. The molecule has 7 aromatic rings. The lowest BCUT2D eigenvalue weighted by atomic mass is 9.91. The number of rotatable bonds is 7. The number of fused-ring (bicyclic) bond motifs is 3. The van der Waals surface area contributed by atoms with Gasteiger partial charge >= 0.3 is 0 Å². The van der Waals surface area contributed by atoms with Crippen LogP contribution >= 0.6 is 0 Å². The third-order valence-electron chi connectivity index (χ3n) is 7.69. The lowest BCUT2D eigenvalue weighted by Crippen LogP contribution is -2.20. The van der Waals surface area contributed by atoms with Gasteiger partial charge in [0.15, 0.2) is 17.5 Å². The lowest BCUT2D eigenvalue weighted by molar-refractivity contribution is 0.993. The first kappa shape index (κ1) is 26.9. The molecule has 1 aromatic heterocycles. The van der Waals surface area contributed by atoms with Gasteiger partial charge in [0.05, 0.1) is 5.70 Å². The van der Waals surface area contributed by atoms with E-state index in [9.17, 15) is 0 Å². The molecular formula is C38H28N6. The Morgan fingerprint density at radius 1 is 0.545 bits per heavy atom. The fourth-order valence-electron chi connectivity index (χ4n) is 5.61. The Kier molecular flexibility index (Phi) is 7.16. The van der Waals surface area contributed by atoms with Crippen molar-refractivity contribution in [2.24, 2.45) is 5.84 Å². The van der Waals surface area contributed by atoms with Crippen LogP contribution in [0.1, 0.15) is 5.56 Å². The molecule has 0 amide bonds. The second-order valence-corrected chi connectivity index (χ2v) is 10.4. The molecule has 0 aliphatic rings. The number of nitrogens with zero attached hydrogens (tertiary/aromatic N) is 3. The van der Waals surface area contributed by atoms with Crippen LogP contribution in [-0.4, -0.2) is 21.2 Å². The Morgan fingerprint density at radius 2 is 1.07 bits per heavy atom. The molecule has 0 spiro atoms. The summed E-state index contributed by atoms with van der Waals surface area (Å²) in [4.78, 5) is 14.8. The molecule has 0 saturated carbocycles. The van der Waals surface area contributed by atoms with E-state index < -0.39 is 0 Å². The molecule has 6 heteroatoms. The van der Waals surface area contributed by atoms with E-state index >= 15 is 0 Å². The average molecular weight is 569 g/mol. The predicted molar refractivity (Wildman–Crippen MR) is 181 cm³/mol. The Labute approximate surface area is 255 Å². The van der Waals surface area contributed by atoms with Gasteiger partial charge in [-0.15, -0.1) is 0 Å². The minimum atomic E-state index is 0.539. The second kappa shape index (κ2) is 11.7. The monoisotopic (exact) mass is 568 g/mol. The summed E-state index contributed by atoms with van der Waals surface area (Å²) in [5.41, 5.74) is 8.85. The molecular weight excluding hydrogens is 540 g/mol. The summed E-state index contributed by atoms with van der Waals surface area (Å²) in [6.45, 7) is 0. The number of allylic oxidation sites excluding steroid dienone is 1.